The number of aryl methyl sites for hydroxylation is 1. The fraction of sp³-hybridized carbons (Fsp3) is 0.440. The van der Waals surface area contributed by atoms with E-state index in [1.54, 1.807) is 37.2 Å². The molecule has 9 heteroatoms. The Morgan fingerprint density at radius 2 is 1.82 bits per heavy atom. The van der Waals surface area contributed by atoms with Gasteiger partial charge in [-0.15, -0.1) is 11.3 Å². The van der Waals surface area contributed by atoms with Gasteiger partial charge in [0.25, 0.3) is 5.56 Å². The molecule has 0 atom stereocenters. The lowest BCUT2D eigenvalue weighted by atomic mass is 10.1. The minimum Gasteiger partial charge on any atom is -0.493 e. The third-order valence-electron chi connectivity index (χ3n) is 5.09. The highest BCUT2D eigenvalue weighted by atomic mass is 32.1. The van der Waals surface area contributed by atoms with Crippen LogP contribution in [0.5, 0.6) is 11.5 Å². The maximum atomic E-state index is 12.8. The number of alkyl carbamates (subject to hydrolysis) is 1. The molecule has 8 nitrogen and oxygen atoms in total. The Kier molecular flexibility index (Phi) is 8.22. The van der Waals surface area contributed by atoms with Crippen molar-refractivity contribution < 1.29 is 19.0 Å². The summed E-state index contributed by atoms with van der Waals surface area (Å²) in [6, 6.07) is 7.72. The number of fused-ring (bicyclic) bond motifs is 1. The summed E-state index contributed by atoms with van der Waals surface area (Å²) in [5, 5.41) is 6.84. The van der Waals surface area contributed by atoms with E-state index in [9.17, 15) is 9.59 Å². The van der Waals surface area contributed by atoms with Crippen LogP contribution in [0.2, 0.25) is 0 Å². The van der Waals surface area contributed by atoms with E-state index in [1.165, 1.54) is 0 Å². The molecule has 0 aliphatic rings. The molecule has 0 saturated carbocycles. The molecule has 0 spiro atoms. The van der Waals surface area contributed by atoms with Crippen molar-refractivity contribution in [3.8, 4) is 22.6 Å². The number of rotatable bonds is 9. The monoisotopic (exact) mass is 487 g/mol. The van der Waals surface area contributed by atoms with Gasteiger partial charge in [0.05, 0.1) is 19.6 Å². The second-order valence-corrected chi connectivity index (χ2v) is 10.1. The van der Waals surface area contributed by atoms with Crippen molar-refractivity contribution in [2.24, 2.45) is 7.05 Å². The predicted octanol–water partition coefficient (Wildman–Crippen LogP) is 4.29. The number of nitrogens with one attached hydrogen (secondary N) is 2. The van der Waals surface area contributed by atoms with Gasteiger partial charge in [-0.25, -0.2) is 4.79 Å². The number of hydrogen-bond acceptors (Lipinski definition) is 7. The molecular weight excluding hydrogens is 454 g/mol. The Hall–Kier alpha value is -3.04. The summed E-state index contributed by atoms with van der Waals surface area (Å²) in [6.45, 7) is 7.40. The van der Waals surface area contributed by atoms with Crippen LogP contribution in [0.3, 0.4) is 0 Å². The van der Waals surface area contributed by atoms with Crippen LogP contribution < -0.4 is 25.7 Å². The number of thiophene rings is 1. The number of benzene rings is 1. The molecule has 1 amide bonds. The van der Waals surface area contributed by atoms with E-state index in [2.05, 4.69) is 10.6 Å². The summed E-state index contributed by atoms with van der Waals surface area (Å²) in [6.07, 6.45) is 2.22. The number of ether oxygens (including phenoxy) is 3. The molecule has 0 bridgehead atoms. The molecule has 0 saturated heterocycles. The number of methoxy groups -OCH3 is 2. The van der Waals surface area contributed by atoms with Crippen LogP contribution >= 0.6 is 11.3 Å². The van der Waals surface area contributed by atoms with Gasteiger partial charge in [0, 0.05) is 41.5 Å². The predicted molar refractivity (Wildman–Crippen MR) is 136 cm³/mol. The van der Waals surface area contributed by atoms with Gasteiger partial charge in [-0.1, -0.05) is 6.07 Å². The summed E-state index contributed by atoms with van der Waals surface area (Å²) in [5.41, 5.74) is 1.39. The van der Waals surface area contributed by atoms with Crippen molar-refractivity contribution in [3.63, 3.8) is 0 Å². The molecular formula is C25H33N3O5S. The molecule has 0 unspecified atom stereocenters. The molecule has 34 heavy (non-hydrogen) atoms. The van der Waals surface area contributed by atoms with Gasteiger partial charge in [0.15, 0.2) is 11.5 Å². The van der Waals surface area contributed by atoms with E-state index in [4.69, 9.17) is 14.2 Å². The van der Waals surface area contributed by atoms with Gasteiger partial charge in [-0.3, -0.25) is 4.79 Å². The van der Waals surface area contributed by atoms with E-state index in [1.807, 2.05) is 51.2 Å². The second kappa shape index (κ2) is 10.9. The van der Waals surface area contributed by atoms with Crippen LogP contribution in [-0.4, -0.2) is 43.6 Å². The SMILES string of the molecule is COc1ccc(-c2cn(C)c(=O)c3cc(CNCCCNC(=O)OC(C)(C)C)sc23)cc1OC. The molecule has 3 rings (SSSR count). The normalized spacial score (nSPS) is 11.5. The van der Waals surface area contributed by atoms with Gasteiger partial charge in [-0.05, 0) is 57.5 Å². The minimum atomic E-state index is -0.504. The number of amides is 1. The van der Waals surface area contributed by atoms with Gasteiger partial charge in [0.2, 0.25) is 0 Å². The topological polar surface area (TPSA) is 90.8 Å². The molecule has 184 valence electrons. The average molecular weight is 488 g/mol. The fourth-order valence-corrected chi connectivity index (χ4v) is 4.68. The molecule has 2 heterocycles. The lowest BCUT2D eigenvalue weighted by Gasteiger charge is -2.19. The van der Waals surface area contributed by atoms with Gasteiger partial charge >= 0.3 is 6.09 Å². The lowest BCUT2D eigenvalue weighted by molar-refractivity contribution is 0.0527. The van der Waals surface area contributed by atoms with Gasteiger partial charge in [-0.2, -0.15) is 0 Å². The molecule has 2 N–H and O–H groups in total. The highest BCUT2D eigenvalue weighted by Gasteiger charge is 2.16. The van der Waals surface area contributed by atoms with Crippen molar-refractivity contribution >= 4 is 27.5 Å². The Bertz CT molecular complexity index is 1210. The number of nitrogens with zero attached hydrogens (tertiary/aromatic N) is 1. The Balaban J connectivity index is 1.69. The summed E-state index contributed by atoms with van der Waals surface area (Å²) in [7, 11) is 4.98. The lowest BCUT2D eigenvalue weighted by Crippen LogP contribution is -2.33. The summed E-state index contributed by atoms with van der Waals surface area (Å²) < 4.78 is 18.6. The Morgan fingerprint density at radius 1 is 1.09 bits per heavy atom. The van der Waals surface area contributed by atoms with E-state index < -0.39 is 11.7 Å². The van der Waals surface area contributed by atoms with Crippen LogP contribution in [0.1, 0.15) is 32.1 Å². The van der Waals surface area contributed by atoms with Gasteiger partial charge < -0.3 is 29.4 Å². The van der Waals surface area contributed by atoms with Crippen LogP contribution in [0.15, 0.2) is 35.3 Å². The number of carbonyl (C=O) groups excluding carboxylic acids is 1. The van der Waals surface area contributed by atoms with Crippen LogP contribution in [0, 0.1) is 0 Å². The van der Waals surface area contributed by atoms with Crippen molar-refractivity contribution in [2.75, 3.05) is 27.3 Å². The maximum absolute atomic E-state index is 12.8. The third-order valence-corrected chi connectivity index (χ3v) is 6.26. The Morgan fingerprint density at radius 3 is 2.50 bits per heavy atom. The molecule has 1 aromatic carbocycles. The zero-order chi connectivity index (χ0) is 24.9. The smallest absolute Gasteiger partial charge is 0.407 e. The highest BCUT2D eigenvalue weighted by molar-refractivity contribution is 7.19. The zero-order valence-electron chi connectivity index (χ0n) is 20.6. The van der Waals surface area contributed by atoms with Crippen molar-refractivity contribution in [2.45, 2.75) is 39.3 Å². The second-order valence-electron chi connectivity index (χ2n) is 8.94. The maximum Gasteiger partial charge on any atom is 0.407 e. The third kappa shape index (κ3) is 6.30. The molecule has 0 fully saturated rings. The number of aromatic nitrogens is 1. The summed E-state index contributed by atoms with van der Waals surface area (Å²) in [4.78, 5) is 25.5. The molecule has 0 radical (unpaired) electrons. The van der Waals surface area contributed by atoms with Crippen molar-refractivity contribution in [1.82, 2.24) is 15.2 Å². The number of carbonyl (C=O) groups is 1. The van der Waals surface area contributed by atoms with Crippen molar-refractivity contribution in [3.05, 3.63) is 45.7 Å². The van der Waals surface area contributed by atoms with E-state index in [0.29, 0.717) is 30.0 Å². The van der Waals surface area contributed by atoms with Crippen molar-refractivity contribution in [1.29, 1.82) is 0 Å². The number of hydrogen-bond donors (Lipinski definition) is 2. The molecule has 2 aromatic heterocycles. The zero-order valence-corrected chi connectivity index (χ0v) is 21.4. The fourth-order valence-electron chi connectivity index (χ4n) is 3.53. The Labute approximate surface area is 203 Å². The average Bonchev–Trinajstić information content (AvgIpc) is 3.21. The molecule has 0 aliphatic carbocycles. The highest BCUT2D eigenvalue weighted by Crippen LogP contribution is 2.37. The van der Waals surface area contributed by atoms with Crippen LogP contribution in [0.25, 0.3) is 21.2 Å². The molecule has 3 aromatic rings. The van der Waals surface area contributed by atoms with Gasteiger partial charge in [0.1, 0.15) is 5.60 Å². The standard InChI is InChI=1S/C25H33N3O5S/c1-25(2,3)33-24(30)27-11-7-10-26-14-17-13-18-22(34-17)19(15-28(4)23(18)29)16-8-9-20(31-5)21(12-16)32-6/h8-9,12-13,15,26H,7,10-11,14H2,1-6H3,(H,27,30). The minimum absolute atomic E-state index is 0.0247. The summed E-state index contributed by atoms with van der Waals surface area (Å²) >= 11 is 1.60. The van der Waals surface area contributed by atoms with Crippen LogP contribution in [0.4, 0.5) is 4.79 Å². The van der Waals surface area contributed by atoms with E-state index in [0.717, 1.165) is 33.7 Å². The number of pyridine rings is 1. The van der Waals surface area contributed by atoms with E-state index >= 15 is 0 Å². The van der Waals surface area contributed by atoms with E-state index in [-0.39, 0.29) is 5.56 Å². The summed E-state index contributed by atoms with van der Waals surface area (Å²) in [5.74, 6) is 1.30. The van der Waals surface area contributed by atoms with Crippen LogP contribution in [-0.2, 0) is 18.3 Å². The molecule has 0 aliphatic heterocycles. The largest absolute Gasteiger partial charge is 0.493 e. The first-order valence-corrected chi connectivity index (χ1v) is 12.0. The first-order valence-electron chi connectivity index (χ1n) is 11.1. The first-order chi connectivity index (χ1) is 16.1. The quantitative estimate of drug-likeness (QED) is 0.438. The first kappa shape index (κ1) is 25.6.